The minimum Gasteiger partial charge on any atom is -0.343 e. The normalized spacial score (nSPS) is 17.3. The lowest BCUT2D eigenvalue weighted by atomic mass is 9.76. The molecule has 1 atom stereocenters. The van der Waals surface area contributed by atoms with Crippen LogP contribution in [-0.2, 0) is 22.4 Å². The molecule has 0 bridgehead atoms. The van der Waals surface area contributed by atoms with Crippen LogP contribution in [0.15, 0.2) is 59.2 Å². The lowest BCUT2D eigenvalue weighted by Gasteiger charge is -2.37. The summed E-state index contributed by atoms with van der Waals surface area (Å²) in [4.78, 5) is 32.0. The quantitative estimate of drug-likeness (QED) is 0.314. The standard InChI is InChI=1S/C30H30BrCl2N3O2/c31-22-15-21-10-9-20-16-23(32)17-25(33)28(20)29(30(21)34-18-22)19-11-13-36(14-12-19)27(38)8-4-7-26(37)35-24-5-2-1-3-6-24/h1-3,5-6,15-19,29H,4,7-14H2,(H,35,37). The monoisotopic (exact) mass is 613 g/mol. The Labute approximate surface area is 242 Å². The second-order valence-corrected chi connectivity index (χ2v) is 11.9. The lowest BCUT2D eigenvalue weighted by molar-refractivity contribution is -0.132. The number of benzene rings is 2. The van der Waals surface area contributed by atoms with Gasteiger partial charge in [-0.1, -0.05) is 41.4 Å². The number of halogens is 3. The summed E-state index contributed by atoms with van der Waals surface area (Å²) in [6.07, 6.45) is 6.62. The molecule has 1 unspecified atom stereocenters. The average molecular weight is 615 g/mol. The maximum Gasteiger partial charge on any atom is 0.224 e. The summed E-state index contributed by atoms with van der Waals surface area (Å²) < 4.78 is 0.975. The average Bonchev–Trinajstić information content (AvgIpc) is 3.06. The Morgan fingerprint density at radius 1 is 1.00 bits per heavy atom. The molecule has 1 fully saturated rings. The molecule has 0 saturated carbocycles. The molecule has 2 aromatic carbocycles. The van der Waals surface area contributed by atoms with E-state index in [1.54, 1.807) is 0 Å². The number of aromatic nitrogens is 1. The Balaban J connectivity index is 1.23. The Morgan fingerprint density at radius 3 is 2.50 bits per heavy atom. The van der Waals surface area contributed by atoms with Crippen molar-refractivity contribution in [2.75, 3.05) is 18.4 Å². The van der Waals surface area contributed by atoms with E-state index in [1.807, 2.05) is 53.6 Å². The molecule has 5 nitrogen and oxygen atoms in total. The molecule has 1 aliphatic carbocycles. The van der Waals surface area contributed by atoms with Crippen LogP contribution in [0.5, 0.6) is 0 Å². The van der Waals surface area contributed by atoms with Gasteiger partial charge in [0.05, 0.1) is 5.69 Å². The van der Waals surface area contributed by atoms with Crippen LogP contribution < -0.4 is 5.32 Å². The third-order valence-corrected chi connectivity index (χ3v) is 8.60. The van der Waals surface area contributed by atoms with Crippen LogP contribution in [0.25, 0.3) is 0 Å². The fourth-order valence-corrected chi connectivity index (χ4v) is 6.85. The van der Waals surface area contributed by atoms with Gasteiger partial charge in [0.25, 0.3) is 0 Å². The van der Waals surface area contributed by atoms with Crippen molar-refractivity contribution in [1.29, 1.82) is 0 Å². The molecular weight excluding hydrogens is 585 g/mol. The van der Waals surface area contributed by atoms with Gasteiger partial charge in [-0.25, -0.2) is 0 Å². The van der Waals surface area contributed by atoms with E-state index in [9.17, 15) is 9.59 Å². The van der Waals surface area contributed by atoms with E-state index in [1.165, 1.54) is 11.1 Å². The number of pyridine rings is 1. The molecule has 8 heteroatoms. The van der Waals surface area contributed by atoms with Gasteiger partial charge in [0, 0.05) is 58.3 Å². The number of rotatable bonds is 6. The molecule has 1 aliphatic heterocycles. The third-order valence-electron chi connectivity index (χ3n) is 7.63. The van der Waals surface area contributed by atoms with Crippen LogP contribution in [0.3, 0.4) is 0 Å². The number of para-hydroxylation sites is 1. The number of carbonyl (C=O) groups excluding carboxylic acids is 2. The number of hydrogen-bond donors (Lipinski definition) is 1. The van der Waals surface area contributed by atoms with Crippen molar-refractivity contribution in [3.8, 4) is 0 Å². The van der Waals surface area contributed by atoms with E-state index in [-0.39, 0.29) is 17.7 Å². The van der Waals surface area contributed by atoms with Gasteiger partial charge in [-0.05, 0) is 101 Å². The lowest BCUT2D eigenvalue weighted by Crippen LogP contribution is -2.40. The van der Waals surface area contributed by atoms with Gasteiger partial charge in [-0.15, -0.1) is 0 Å². The van der Waals surface area contributed by atoms with E-state index < -0.39 is 0 Å². The number of hydrogen-bond acceptors (Lipinski definition) is 3. The van der Waals surface area contributed by atoms with E-state index in [2.05, 4.69) is 27.3 Å². The second kappa shape index (κ2) is 12.2. The first kappa shape index (κ1) is 27.2. The second-order valence-electron chi connectivity index (χ2n) is 10.1. The Kier molecular flexibility index (Phi) is 8.71. The summed E-state index contributed by atoms with van der Waals surface area (Å²) in [6.45, 7) is 1.39. The maximum absolute atomic E-state index is 12.9. The van der Waals surface area contributed by atoms with Crippen LogP contribution >= 0.6 is 39.1 Å². The smallest absolute Gasteiger partial charge is 0.224 e. The topological polar surface area (TPSA) is 62.3 Å². The molecule has 0 spiro atoms. The molecule has 1 aromatic heterocycles. The van der Waals surface area contributed by atoms with E-state index in [4.69, 9.17) is 28.2 Å². The molecule has 2 heterocycles. The van der Waals surface area contributed by atoms with Gasteiger partial charge >= 0.3 is 0 Å². The molecule has 5 rings (SSSR count). The fourth-order valence-electron chi connectivity index (χ4n) is 5.82. The minimum atomic E-state index is -0.0653. The van der Waals surface area contributed by atoms with Crippen molar-refractivity contribution < 1.29 is 9.59 Å². The highest BCUT2D eigenvalue weighted by atomic mass is 79.9. The summed E-state index contributed by atoms with van der Waals surface area (Å²) >= 11 is 16.8. The van der Waals surface area contributed by atoms with Crippen LogP contribution in [0.1, 0.15) is 60.4 Å². The number of anilines is 1. The van der Waals surface area contributed by atoms with Crippen molar-refractivity contribution in [2.45, 2.75) is 50.9 Å². The molecular formula is C30H30BrCl2N3O2. The zero-order valence-electron chi connectivity index (χ0n) is 21.1. The predicted octanol–water partition coefficient (Wildman–Crippen LogP) is 7.43. The highest BCUT2D eigenvalue weighted by Gasteiger charge is 2.36. The van der Waals surface area contributed by atoms with Crippen LogP contribution in [0.2, 0.25) is 10.0 Å². The number of piperidine rings is 1. The summed E-state index contributed by atoms with van der Waals surface area (Å²) in [7, 11) is 0. The van der Waals surface area contributed by atoms with Crippen LogP contribution in [0, 0.1) is 5.92 Å². The number of carbonyl (C=O) groups is 2. The fraction of sp³-hybridized carbons (Fsp3) is 0.367. The first-order chi connectivity index (χ1) is 18.4. The van der Waals surface area contributed by atoms with E-state index in [0.717, 1.165) is 47.1 Å². The number of amides is 2. The molecule has 3 aromatic rings. The zero-order chi connectivity index (χ0) is 26.6. The molecule has 198 valence electrons. The summed E-state index contributed by atoms with van der Waals surface area (Å²) in [5.41, 5.74) is 5.43. The zero-order valence-corrected chi connectivity index (χ0v) is 24.2. The molecule has 2 aliphatic rings. The van der Waals surface area contributed by atoms with E-state index in [0.29, 0.717) is 48.3 Å². The summed E-state index contributed by atoms with van der Waals surface area (Å²) in [6, 6.07) is 15.4. The van der Waals surface area contributed by atoms with Gasteiger partial charge in [-0.3, -0.25) is 14.6 Å². The SMILES string of the molecule is O=C(CCCC(=O)N1CCC(C2c3ncc(Br)cc3CCc3cc(Cl)cc(Cl)c32)CC1)Nc1ccccc1. The van der Waals surface area contributed by atoms with Crippen LogP contribution in [-0.4, -0.2) is 34.8 Å². The van der Waals surface area contributed by atoms with Gasteiger partial charge in [0.15, 0.2) is 0 Å². The molecule has 38 heavy (non-hydrogen) atoms. The number of aryl methyl sites for hydroxylation is 2. The minimum absolute atomic E-state index is 0.0653. The summed E-state index contributed by atoms with van der Waals surface area (Å²) in [5.74, 6) is 0.437. The van der Waals surface area contributed by atoms with Gasteiger partial charge in [0.1, 0.15) is 0 Å². The molecule has 1 N–H and O–H groups in total. The first-order valence-corrected chi connectivity index (χ1v) is 14.7. The molecule has 2 amide bonds. The number of likely N-dealkylation sites (tertiary alicyclic amines) is 1. The van der Waals surface area contributed by atoms with Crippen molar-refractivity contribution in [2.24, 2.45) is 5.92 Å². The Bertz CT molecular complexity index is 1330. The number of nitrogens with one attached hydrogen (secondary N) is 1. The highest BCUT2D eigenvalue weighted by molar-refractivity contribution is 9.10. The van der Waals surface area contributed by atoms with Crippen molar-refractivity contribution in [1.82, 2.24) is 9.88 Å². The van der Waals surface area contributed by atoms with Gasteiger partial charge < -0.3 is 10.2 Å². The van der Waals surface area contributed by atoms with E-state index >= 15 is 0 Å². The van der Waals surface area contributed by atoms with Crippen LogP contribution in [0.4, 0.5) is 5.69 Å². The van der Waals surface area contributed by atoms with Crippen molar-refractivity contribution >= 4 is 56.6 Å². The number of nitrogens with zero attached hydrogens (tertiary/aromatic N) is 2. The van der Waals surface area contributed by atoms with Crippen molar-refractivity contribution in [3.05, 3.63) is 91.6 Å². The highest BCUT2D eigenvalue weighted by Crippen LogP contribution is 2.46. The number of fused-ring (bicyclic) bond motifs is 2. The summed E-state index contributed by atoms with van der Waals surface area (Å²) in [5, 5.41) is 4.23. The Morgan fingerprint density at radius 2 is 1.74 bits per heavy atom. The van der Waals surface area contributed by atoms with Gasteiger partial charge in [-0.2, -0.15) is 0 Å². The maximum atomic E-state index is 12.9. The molecule has 1 saturated heterocycles. The molecule has 0 radical (unpaired) electrons. The third kappa shape index (κ3) is 6.24. The Hall–Kier alpha value is -2.41. The predicted molar refractivity (Wildman–Crippen MR) is 156 cm³/mol. The van der Waals surface area contributed by atoms with Crippen molar-refractivity contribution in [3.63, 3.8) is 0 Å². The first-order valence-electron chi connectivity index (χ1n) is 13.1. The largest absolute Gasteiger partial charge is 0.343 e. The van der Waals surface area contributed by atoms with Gasteiger partial charge in [0.2, 0.25) is 11.8 Å².